The molecule has 0 aromatic rings. The molecule has 1 saturated heterocycles. The minimum absolute atomic E-state index is 0.0402. The van der Waals surface area contributed by atoms with Gasteiger partial charge in [-0.2, -0.15) is 0 Å². The van der Waals surface area contributed by atoms with E-state index in [1.54, 1.807) is 4.90 Å². The maximum atomic E-state index is 11.3. The molecular weight excluding hydrogens is 154 g/mol. The standard InChI is InChI=1S/C9H15NO2/c1-7(2)8(11)6-10-5-3-4-9(10)12/h7H,3-6H2,1-2H3. The fourth-order valence-electron chi connectivity index (χ4n) is 1.24. The molecule has 12 heavy (non-hydrogen) atoms. The molecule has 0 atom stereocenters. The molecule has 0 unspecified atom stereocenters. The Labute approximate surface area is 72.7 Å². The van der Waals surface area contributed by atoms with E-state index in [-0.39, 0.29) is 17.6 Å². The number of hydrogen-bond donors (Lipinski definition) is 0. The van der Waals surface area contributed by atoms with Gasteiger partial charge in [-0.1, -0.05) is 13.8 Å². The van der Waals surface area contributed by atoms with E-state index in [4.69, 9.17) is 0 Å². The maximum absolute atomic E-state index is 11.3. The Morgan fingerprint density at radius 2 is 2.25 bits per heavy atom. The summed E-state index contributed by atoms with van der Waals surface area (Å²) in [5, 5.41) is 0. The van der Waals surface area contributed by atoms with Crippen molar-refractivity contribution in [2.75, 3.05) is 13.1 Å². The quantitative estimate of drug-likeness (QED) is 0.627. The van der Waals surface area contributed by atoms with Crippen LogP contribution in [-0.4, -0.2) is 29.7 Å². The Hall–Kier alpha value is -0.860. The highest BCUT2D eigenvalue weighted by Gasteiger charge is 2.22. The lowest BCUT2D eigenvalue weighted by atomic mass is 10.1. The summed E-state index contributed by atoms with van der Waals surface area (Å²) in [5.41, 5.74) is 0. The van der Waals surface area contributed by atoms with Crippen LogP contribution in [0.4, 0.5) is 0 Å². The molecule has 1 amide bonds. The first-order valence-electron chi connectivity index (χ1n) is 4.41. The summed E-state index contributed by atoms with van der Waals surface area (Å²) in [6, 6.07) is 0. The summed E-state index contributed by atoms with van der Waals surface area (Å²) < 4.78 is 0. The predicted octanol–water partition coefficient (Wildman–Crippen LogP) is 0.834. The van der Waals surface area contributed by atoms with Crippen LogP contribution < -0.4 is 0 Å². The number of ketones is 1. The Bertz CT molecular complexity index is 199. The van der Waals surface area contributed by atoms with E-state index in [0.29, 0.717) is 13.0 Å². The summed E-state index contributed by atoms with van der Waals surface area (Å²) in [6.07, 6.45) is 1.52. The fraction of sp³-hybridized carbons (Fsp3) is 0.778. The van der Waals surface area contributed by atoms with Crippen molar-refractivity contribution in [3.63, 3.8) is 0 Å². The molecule has 0 saturated carbocycles. The zero-order valence-corrected chi connectivity index (χ0v) is 7.67. The number of likely N-dealkylation sites (tertiary alicyclic amines) is 1. The van der Waals surface area contributed by atoms with Gasteiger partial charge in [0, 0.05) is 18.9 Å². The molecule has 1 rings (SSSR count). The topological polar surface area (TPSA) is 37.4 Å². The Morgan fingerprint density at radius 3 is 2.67 bits per heavy atom. The lowest BCUT2D eigenvalue weighted by Crippen LogP contribution is -2.32. The molecule has 68 valence electrons. The zero-order chi connectivity index (χ0) is 9.14. The Morgan fingerprint density at radius 1 is 1.58 bits per heavy atom. The van der Waals surface area contributed by atoms with Crippen LogP contribution in [0.5, 0.6) is 0 Å². The molecule has 3 nitrogen and oxygen atoms in total. The molecule has 0 radical (unpaired) electrons. The highest BCUT2D eigenvalue weighted by atomic mass is 16.2. The second-order valence-corrected chi connectivity index (χ2v) is 3.54. The third kappa shape index (κ3) is 2.06. The number of rotatable bonds is 3. The van der Waals surface area contributed by atoms with Crippen LogP contribution >= 0.6 is 0 Å². The molecule has 0 aromatic carbocycles. The van der Waals surface area contributed by atoms with Crippen LogP contribution in [0.25, 0.3) is 0 Å². The highest BCUT2D eigenvalue weighted by molar-refractivity contribution is 5.87. The first kappa shape index (κ1) is 9.23. The van der Waals surface area contributed by atoms with Gasteiger partial charge < -0.3 is 4.90 Å². The lowest BCUT2D eigenvalue weighted by Gasteiger charge is -2.15. The van der Waals surface area contributed by atoms with Crippen LogP contribution in [-0.2, 0) is 9.59 Å². The second-order valence-electron chi connectivity index (χ2n) is 3.54. The number of carbonyl (C=O) groups is 2. The van der Waals surface area contributed by atoms with Crippen LogP contribution in [0.15, 0.2) is 0 Å². The number of carbonyl (C=O) groups excluding carboxylic acids is 2. The first-order chi connectivity index (χ1) is 5.61. The van der Waals surface area contributed by atoms with Crippen molar-refractivity contribution in [3.05, 3.63) is 0 Å². The summed E-state index contributed by atoms with van der Waals surface area (Å²) in [6.45, 7) is 4.81. The molecular formula is C9H15NO2. The normalized spacial score (nSPS) is 17.6. The van der Waals surface area contributed by atoms with Gasteiger partial charge in [0.2, 0.25) is 5.91 Å². The van der Waals surface area contributed by atoms with Gasteiger partial charge in [-0.05, 0) is 6.42 Å². The summed E-state index contributed by atoms with van der Waals surface area (Å²) >= 11 is 0. The van der Waals surface area contributed by atoms with Crippen molar-refractivity contribution in [3.8, 4) is 0 Å². The average molecular weight is 169 g/mol. The van der Waals surface area contributed by atoms with Crippen molar-refractivity contribution >= 4 is 11.7 Å². The van der Waals surface area contributed by atoms with Gasteiger partial charge in [-0.15, -0.1) is 0 Å². The average Bonchev–Trinajstić information content (AvgIpc) is 2.36. The van der Waals surface area contributed by atoms with Gasteiger partial charge in [0.15, 0.2) is 5.78 Å². The molecule has 0 N–H and O–H groups in total. The van der Waals surface area contributed by atoms with Gasteiger partial charge in [-0.25, -0.2) is 0 Å². The van der Waals surface area contributed by atoms with E-state index in [0.717, 1.165) is 13.0 Å². The highest BCUT2D eigenvalue weighted by Crippen LogP contribution is 2.10. The molecule has 1 aliphatic heterocycles. The third-order valence-electron chi connectivity index (χ3n) is 2.16. The first-order valence-corrected chi connectivity index (χ1v) is 4.41. The van der Waals surface area contributed by atoms with E-state index in [2.05, 4.69) is 0 Å². The molecule has 0 aromatic heterocycles. The van der Waals surface area contributed by atoms with Gasteiger partial charge in [0.25, 0.3) is 0 Å². The van der Waals surface area contributed by atoms with E-state index in [9.17, 15) is 9.59 Å². The largest absolute Gasteiger partial charge is 0.335 e. The Kier molecular flexibility index (Phi) is 2.84. The van der Waals surface area contributed by atoms with Crippen LogP contribution in [0.2, 0.25) is 0 Å². The van der Waals surface area contributed by atoms with Crippen molar-refractivity contribution < 1.29 is 9.59 Å². The van der Waals surface area contributed by atoms with E-state index >= 15 is 0 Å². The van der Waals surface area contributed by atoms with Gasteiger partial charge in [-0.3, -0.25) is 9.59 Å². The minimum Gasteiger partial charge on any atom is -0.335 e. The molecule has 1 fully saturated rings. The lowest BCUT2D eigenvalue weighted by molar-refractivity contribution is -0.133. The molecule has 0 spiro atoms. The molecule has 1 aliphatic rings. The van der Waals surface area contributed by atoms with Crippen molar-refractivity contribution in [2.24, 2.45) is 5.92 Å². The zero-order valence-electron chi connectivity index (χ0n) is 7.67. The van der Waals surface area contributed by atoms with Crippen molar-refractivity contribution in [1.29, 1.82) is 0 Å². The van der Waals surface area contributed by atoms with E-state index in [1.165, 1.54) is 0 Å². The fourth-order valence-corrected chi connectivity index (χ4v) is 1.24. The van der Waals surface area contributed by atoms with Gasteiger partial charge in [0.05, 0.1) is 6.54 Å². The van der Waals surface area contributed by atoms with Crippen LogP contribution in [0.1, 0.15) is 26.7 Å². The molecule has 1 heterocycles. The number of amides is 1. The van der Waals surface area contributed by atoms with Gasteiger partial charge in [0.1, 0.15) is 0 Å². The summed E-state index contributed by atoms with van der Waals surface area (Å²) in [7, 11) is 0. The Balaban J connectivity index is 2.40. The molecule has 0 bridgehead atoms. The van der Waals surface area contributed by atoms with Crippen LogP contribution in [0, 0.1) is 5.92 Å². The number of Topliss-reactive ketones (excluding diaryl/α,β-unsaturated/α-hetero) is 1. The van der Waals surface area contributed by atoms with E-state index < -0.39 is 0 Å². The second kappa shape index (κ2) is 3.70. The minimum atomic E-state index is 0.0402. The summed E-state index contributed by atoms with van der Waals surface area (Å²) in [5.74, 6) is 0.327. The van der Waals surface area contributed by atoms with E-state index in [1.807, 2.05) is 13.8 Å². The molecule has 3 heteroatoms. The molecule has 0 aliphatic carbocycles. The number of hydrogen-bond acceptors (Lipinski definition) is 2. The summed E-state index contributed by atoms with van der Waals surface area (Å²) in [4.78, 5) is 24.0. The number of nitrogens with zero attached hydrogens (tertiary/aromatic N) is 1. The monoisotopic (exact) mass is 169 g/mol. The predicted molar refractivity (Wildman–Crippen MR) is 45.7 cm³/mol. The smallest absolute Gasteiger partial charge is 0.223 e. The van der Waals surface area contributed by atoms with Crippen molar-refractivity contribution in [2.45, 2.75) is 26.7 Å². The third-order valence-corrected chi connectivity index (χ3v) is 2.16. The van der Waals surface area contributed by atoms with Crippen LogP contribution in [0.3, 0.4) is 0 Å². The SMILES string of the molecule is CC(C)C(=O)CN1CCCC1=O. The van der Waals surface area contributed by atoms with Crippen molar-refractivity contribution in [1.82, 2.24) is 4.90 Å². The van der Waals surface area contributed by atoms with Gasteiger partial charge >= 0.3 is 0 Å². The maximum Gasteiger partial charge on any atom is 0.223 e.